The molecule has 156 valence electrons. The predicted molar refractivity (Wildman–Crippen MR) is 118 cm³/mol. The standard InChI is InChI=1S/C24H24BrNO4/c1-24(2,3)30-23(29)26-20(13-14-22(26)28)19(16-9-11-18(25)12-10-16)15-21(27)17-7-5-4-6-8-17/h4-14,19-20H,15H2,1-3H3/t19-,20+/m1/s1. The van der Waals surface area contributed by atoms with Crippen molar-refractivity contribution < 1.29 is 19.1 Å². The maximum atomic E-state index is 13.0. The second-order valence-electron chi connectivity index (χ2n) is 8.19. The lowest BCUT2D eigenvalue weighted by atomic mass is 9.85. The van der Waals surface area contributed by atoms with Crippen molar-refractivity contribution in [2.75, 3.05) is 0 Å². The number of ketones is 1. The minimum Gasteiger partial charge on any atom is -0.443 e. The van der Waals surface area contributed by atoms with E-state index in [-0.39, 0.29) is 12.2 Å². The summed E-state index contributed by atoms with van der Waals surface area (Å²) in [5, 5.41) is 0. The van der Waals surface area contributed by atoms with Crippen LogP contribution in [0.1, 0.15) is 49.0 Å². The van der Waals surface area contributed by atoms with E-state index < -0.39 is 29.6 Å². The van der Waals surface area contributed by atoms with Crippen LogP contribution in [-0.2, 0) is 9.53 Å². The zero-order valence-corrected chi connectivity index (χ0v) is 18.8. The van der Waals surface area contributed by atoms with Crippen molar-refractivity contribution in [1.82, 2.24) is 4.90 Å². The maximum Gasteiger partial charge on any atom is 0.417 e. The summed E-state index contributed by atoms with van der Waals surface area (Å²) in [6.45, 7) is 5.25. The van der Waals surface area contributed by atoms with Crippen LogP contribution < -0.4 is 0 Å². The molecule has 0 radical (unpaired) electrons. The van der Waals surface area contributed by atoms with E-state index in [1.807, 2.05) is 42.5 Å². The van der Waals surface area contributed by atoms with Gasteiger partial charge in [0.25, 0.3) is 5.91 Å². The lowest BCUT2D eigenvalue weighted by molar-refractivity contribution is -0.125. The Labute approximate surface area is 184 Å². The van der Waals surface area contributed by atoms with Crippen LogP contribution in [0.5, 0.6) is 0 Å². The Bertz CT molecular complexity index is 961. The summed E-state index contributed by atoms with van der Waals surface area (Å²) in [6.07, 6.45) is 2.48. The summed E-state index contributed by atoms with van der Waals surface area (Å²) in [6, 6.07) is 16.0. The van der Waals surface area contributed by atoms with Gasteiger partial charge in [-0.25, -0.2) is 9.69 Å². The van der Waals surface area contributed by atoms with Crippen molar-refractivity contribution in [3.8, 4) is 0 Å². The summed E-state index contributed by atoms with van der Waals surface area (Å²) >= 11 is 3.42. The number of ether oxygens (including phenoxy) is 1. The molecule has 30 heavy (non-hydrogen) atoms. The molecule has 2 amide bonds. The molecule has 5 nitrogen and oxygen atoms in total. The van der Waals surface area contributed by atoms with Gasteiger partial charge in [-0.05, 0) is 38.5 Å². The molecule has 0 unspecified atom stereocenters. The van der Waals surface area contributed by atoms with Gasteiger partial charge in [-0.3, -0.25) is 9.59 Å². The molecule has 2 atom stereocenters. The molecular formula is C24H24BrNO4. The van der Waals surface area contributed by atoms with E-state index in [2.05, 4.69) is 15.9 Å². The molecule has 6 heteroatoms. The van der Waals surface area contributed by atoms with Gasteiger partial charge in [0.05, 0.1) is 6.04 Å². The molecule has 0 bridgehead atoms. The molecule has 0 aromatic heterocycles. The van der Waals surface area contributed by atoms with E-state index >= 15 is 0 Å². The molecule has 3 rings (SSSR count). The number of carbonyl (C=O) groups is 3. The number of carbonyl (C=O) groups excluding carboxylic acids is 3. The largest absolute Gasteiger partial charge is 0.443 e. The minimum atomic E-state index is -0.739. The van der Waals surface area contributed by atoms with Crippen LogP contribution in [-0.4, -0.2) is 34.3 Å². The Balaban J connectivity index is 1.95. The molecule has 1 heterocycles. The third-order valence-corrected chi connectivity index (χ3v) is 5.30. The number of rotatable bonds is 5. The van der Waals surface area contributed by atoms with Crippen molar-refractivity contribution >= 4 is 33.7 Å². The zero-order chi connectivity index (χ0) is 21.9. The van der Waals surface area contributed by atoms with Gasteiger partial charge in [-0.1, -0.05) is 64.5 Å². The highest BCUT2D eigenvalue weighted by Crippen LogP contribution is 2.34. The molecule has 2 aromatic carbocycles. The molecule has 1 aliphatic rings. The predicted octanol–water partition coefficient (Wildman–Crippen LogP) is 5.51. The third kappa shape index (κ3) is 5.25. The Morgan fingerprint density at radius 2 is 1.70 bits per heavy atom. The van der Waals surface area contributed by atoms with Gasteiger partial charge < -0.3 is 4.74 Å². The number of nitrogens with zero attached hydrogens (tertiary/aromatic N) is 1. The molecule has 0 fully saturated rings. The number of amides is 2. The van der Waals surface area contributed by atoms with Gasteiger partial charge >= 0.3 is 6.09 Å². The van der Waals surface area contributed by atoms with E-state index in [1.165, 1.54) is 6.08 Å². The quantitative estimate of drug-likeness (QED) is 0.541. The molecule has 0 N–H and O–H groups in total. The Kier molecular flexibility index (Phi) is 6.56. The highest BCUT2D eigenvalue weighted by Gasteiger charge is 2.40. The summed E-state index contributed by atoms with van der Waals surface area (Å²) in [5.74, 6) is -0.898. The number of hydrogen-bond acceptors (Lipinski definition) is 4. The second-order valence-corrected chi connectivity index (χ2v) is 9.11. The number of Topliss-reactive ketones (excluding diaryl/α,β-unsaturated/α-hetero) is 1. The average molecular weight is 470 g/mol. The van der Waals surface area contributed by atoms with Crippen LogP contribution in [0.15, 0.2) is 71.2 Å². The number of halogens is 1. The fourth-order valence-electron chi connectivity index (χ4n) is 3.42. The molecule has 0 saturated heterocycles. The first kappa shape index (κ1) is 22.0. The monoisotopic (exact) mass is 469 g/mol. The first-order chi connectivity index (χ1) is 14.2. The Hall–Kier alpha value is -2.73. The highest BCUT2D eigenvalue weighted by molar-refractivity contribution is 9.10. The first-order valence-corrected chi connectivity index (χ1v) is 10.5. The highest BCUT2D eigenvalue weighted by atomic mass is 79.9. The SMILES string of the molecule is CC(C)(C)OC(=O)N1C(=O)C=C[C@H]1[C@H](CC(=O)c1ccccc1)c1ccc(Br)cc1. The Morgan fingerprint density at radius 3 is 2.30 bits per heavy atom. The van der Waals surface area contributed by atoms with E-state index in [0.29, 0.717) is 5.56 Å². The number of imide groups is 1. The summed E-state index contributed by atoms with van der Waals surface area (Å²) in [4.78, 5) is 39.4. The first-order valence-electron chi connectivity index (χ1n) is 9.74. The zero-order valence-electron chi connectivity index (χ0n) is 17.2. The van der Waals surface area contributed by atoms with Crippen molar-refractivity contribution in [2.45, 2.75) is 44.8 Å². The smallest absolute Gasteiger partial charge is 0.417 e. The number of benzene rings is 2. The van der Waals surface area contributed by atoms with Crippen LogP contribution in [0.2, 0.25) is 0 Å². The summed E-state index contributed by atoms with van der Waals surface area (Å²) < 4.78 is 6.35. The van der Waals surface area contributed by atoms with E-state index in [1.54, 1.807) is 39.0 Å². The van der Waals surface area contributed by atoms with Crippen LogP contribution in [0.3, 0.4) is 0 Å². The second kappa shape index (κ2) is 8.96. The fourth-order valence-corrected chi connectivity index (χ4v) is 3.68. The van der Waals surface area contributed by atoms with Gasteiger partial charge in [-0.15, -0.1) is 0 Å². The topological polar surface area (TPSA) is 63.7 Å². The Morgan fingerprint density at radius 1 is 1.07 bits per heavy atom. The summed E-state index contributed by atoms with van der Waals surface area (Å²) in [5.41, 5.74) is 0.717. The van der Waals surface area contributed by atoms with Crippen LogP contribution >= 0.6 is 15.9 Å². The van der Waals surface area contributed by atoms with Gasteiger partial charge in [0.2, 0.25) is 0 Å². The normalized spacial score (nSPS) is 17.1. The molecule has 0 saturated carbocycles. The molecule has 1 aliphatic heterocycles. The molecule has 2 aromatic rings. The fraction of sp³-hybridized carbons (Fsp3) is 0.292. The van der Waals surface area contributed by atoms with E-state index in [0.717, 1.165) is 14.9 Å². The van der Waals surface area contributed by atoms with Crippen LogP contribution in [0.25, 0.3) is 0 Å². The molecule has 0 spiro atoms. The molecular weight excluding hydrogens is 446 g/mol. The molecule has 0 aliphatic carbocycles. The number of hydrogen-bond donors (Lipinski definition) is 0. The van der Waals surface area contributed by atoms with Crippen LogP contribution in [0, 0.1) is 0 Å². The van der Waals surface area contributed by atoms with Gasteiger partial charge in [0.15, 0.2) is 5.78 Å². The van der Waals surface area contributed by atoms with Crippen molar-refractivity contribution in [3.63, 3.8) is 0 Å². The minimum absolute atomic E-state index is 0.0552. The lowest BCUT2D eigenvalue weighted by Crippen LogP contribution is -2.45. The van der Waals surface area contributed by atoms with Crippen molar-refractivity contribution in [3.05, 3.63) is 82.3 Å². The van der Waals surface area contributed by atoms with E-state index in [9.17, 15) is 14.4 Å². The van der Waals surface area contributed by atoms with E-state index in [4.69, 9.17) is 4.74 Å². The van der Waals surface area contributed by atoms with Crippen LogP contribution in [0.4, 0.5) is 4.79 Å². The maximum absolute atomic E-state index is 13.0. The van der Waals surface area contributed by atoms with Gasteiger partial charge in [-0.2, -0.15) is 0 Å². The van der Waals surface area contributed by atoms with Gasteiger partial charge in [0.1, 0.15) is 5.60 Å². The van der Waals surface area contributed by atoms with Gasteiger partial charge in [0, 0.05) is 28.5 Å². The lowest BCUT2D eigenvalue weighted by Gasteiger charge is -2.32. The average Bonchev–Trinajstić information content (AvgIpc) is 3.07. The van der Waals surface area contributed by atoms with Crippen molar-refractivity contribution in [1.29, 1.82) is 0 Å². The third-order valence-electron chi connectivity index (χ3n) is 4.77. The summed E-state index contributed by atoms with van der Waals surface area (Å²) in [7, 11) is 0. The van der Waals surface area contributed by atoms with Crippen molar-refractivity contribution in [2.24, 2.45) is 0 Å².